The second-order valence-corrected chi connectivity index (χ2v) is 6.18. The fourth-order valence-corrected chi connectivity index (χ4v) is 1.72. The molecule has 1 aromatic rings. The number of hydrogen-bond acceptors (Lipinski definition) is 1. The standard InChI is InChI=1S/C14H22O.ClH/c1-13(2,3)10-8-7-9-11(12(10)15)14(4,5)6;/h7-9,15H,1-6H3;1H/p-2. The minimum Gasteiger partial charge on any atom is -1.00 e. The molecule has 2 heteroatoms. The lowest BCUT2D eigenvalue weighted by molar-refractivity contribution is -0.271. The van der Waals surface area contributed by atoms with Crippen molar-refractivity contribution in [2.45, 2.75) is 52.4 Å². The molecule has 0 aliphatic heterocycles. The highest BCUT2D eigenvalue weighted by atomic mass is 35.5. The van der Waals surface area contributed by atoms with E-state index in [2.05, 4.69) is 41.5 Å². The normalized spacial score (nSPS) is 12.1. The topological polar surface area (TPSA) is 23.1 Å². The second kappa shape index (κ2) is 4.67. The molecular formula is C14H21ClO-2. The van der Waals surface area contributed by atoms with Crippen LogP contribution in [0, 0.1) is 0 Å². The maximum atomic E-state index is 12.3. The summed E-state index contributed by atoms with van der Waals surface area (Å²) in [4.78, 5) is 0. The summed E-state index contributed by atoms with van der Waals surface area (Å²) in [5.41, 5.74) is 1.68. The van der Waals surface area contributed by atoms with E-state index in [0.717, 1.165) is 11.1 Å². The lowest BCUT2D eigenvalue weighted by atomic mass is 9.80. The highest BCUT2D eigenvalue weighted by Crippen LogP contribution is 2.36. The first-order chi connectivity index (χ1) is 6.64. The van der Waals surface area contributed by atoms with Gasteiger partial charge in [0.1, 0.15) is 0 Å². The smallest absolute Gasteiger partial charge is 0.0138 e. The predicted octanol–water partition coefficient (Wildman–Crippen LogP) is 0.359. The van der Waals surface area contributed by atoms with Crippen molar-refractivity contribution in [3.63, 3.8) is 0 Å². The fraction of sp³-hybridized carbons (Fsp3) is 0.571. The van der Waals surface area contributed by atoms with Crippen molar-refractivity contribution in [3.05, 3.63) is 29.3 Å². The summed E-state index contributed by atoms with van der Waals surface area (Å²) in [5, 5.41) is 12.3. The van der Waals surface area contributed by atoms with Gasteiger partial charge in [-0.15, -0.1) is 5.75 Å². The molecule has 0 fully saturated rings. The minimum absolute atomic E-state index is 0. The van der Waals surface area contributed by atoms with Crippen molar-refractivity contribution in [1.82, 2.24) is 0 Å². The zero-order chi connectivity index (χ0) is 11.9. The van der Waals surface area contributed by atoms with Crippen molar-refractivity contribution in [2.24, 2.45) is 0 Å². The van der Waals surface area contributed by atoms with Gasteiger partial charge in [-0.1, -0.05) is 70.9 Å². The summed E-state index contributed by atoms with van der Waals surface area (Å²) in [6.45, 7) is 12.5. The van der Waals surface area contributed by atoms with Gasteiger partial charge in [0.2, 0.25) is 0 Å². The first-order valence-electron chi connectivity index (χ1n) is 5.45. The van der Waals surface area contributed by atoms with E-state index in [0.29, 0.717) is 0 Å². The highest BCUT2D eigenvalue weighted by Gasteiger charge is 2.20. The Bertz CT molecular complexity index is 324. The largest absolute Gasteiger partial charge is 1.00 e. The van der Waals surface area contributed by atoms with Crippen molar-refractivity contribution in [1.29, 1.82) is 0 Å². The van der Waals surface area contributed by atoms with Gasteiger partial charge in [0, 0.05) is 0 Å². The average molecular weight is 241 g/mol. The lowest BCUT2D eigenvalue weighted by Gasteiger charge is -2.32. The number of halogens is 1. The molecule has 1 rings (SSSR count). The van der Waals surface area contributed by atoms with Crippen LogP contribution in [0.5, 0.6) is 5.75 Å². The SMILES string of the molecule is CC(C)(C)c1cccc(C(C)(C)C)c1[O-].[Cl-]. The minimum atomic E-state index is -0.0711. The van der Waals surface area contributed by atoms with Crippen molar-refractivity contribution < 1.29 is 17.5 Å². The molecule has 0 N–H and O–H groups in total. The molecule has 0 aromatic heterocycles. The van der Waals surface area contributed by atoms with Crippen LogP contribution in [-0.4, -0.2) is 0 Å². The zero-order valence-corrected chi connectivity index (χ0v) is 11.8. The van der Waals surface area contributed by atoms with Gasteiger partial charge in [-0.2, -0.15) is 0 Å². The molecule has 92 valence electrons. The lowest BCUT2D eigenvalue weighted by Crippen LogP contribution is -3.00. The van der Waals surface area contributed by atoms with Crippen LogP contribution in [0.15, 0.2) is 18.2 Å². The summed E-state index contributed by atoms with van der Waals surface area (Å²) in [6, 6.07) is 5.87. The highest BCUT2D eigenvalue weighted by molar-refractivity contribution is 5.46. The summed E-state index contributed by atoms with van der Waals surface area (Å²) in [5.74, 6) is 0.206. The molecular weight excluding hydrogens is 220 g/mol. The molecule has 0 spiro atoms. The molecule has 0 saturated heterocycles. The van der Waals surface area contributed by atoms with Gasteiger partial charge >= 0.3 is 0 Å². The Morgan fingerprint density at radius 3 is 1.38 bits per heavy atom. The fourth-order valence-electron chi connectivity index (χ4n) is 1.72. The van der Waals surface area contributed by atoms with Crippen LogP contribution in [0.1, 0.15) is 52.7 Å². The van der Waals surface area contributed by atoms with Crippen LogP contribution in [0.4, 0.5) is 0 Å². The molecule has 0 amide bonds. The molecule has 0 radical (unpaired) electrons. The molecule has 0 aliphatic carbocycles. The summed E-state index contributed by atoms with van der Waals surface area (Å²) < 4.78 is 0. The quantitative estimate of drug-likeness (QED) is 0.642. The molecule has 16 heavy (non-hydrogen) atoms. The third-order valence-electron chi connectivity index (χ3n) is 2.63. The summed E-state index contributed by atoms with van der Waals surface area (Å²) >= 11 is 0. The summed E-state index contributed by atoms with van der Waals surface area (Å²) in [7, 11) is 0. The maximum Gasteiger partial charge on any atom is -0.0138 e. The Balaban J connectivity index is 0.00000225. The van der Waals surface area contributed by atoms with Crippen LogP contribution in [0.2, 0.25) is 0 Å². The van der Waals surface area contributed by atoms with Gasteiger partial charge in [-0.3, -0.25) is 0 Å². The molecule has 0 saturated carbocycles. The third kappa shape index (κ3) is 3.15. The Morgan fingerprint density at radius 2 is 1.12 bits per heavy atom. The van der Waals surface area contributed by atoms with Gasteiger partial charge in [0.25, 0.3) is 0 Å². The Labute approximate surface area is 105 Å². The van der Waals surface area contributed by atoms with E-state index in [4.69, 9.17) is 0 Å². The van der Waals surface area contributed by atoms with Crippen LogP contribution in [0.25, 0.3) is 0 Å². The Kier molecular flexibility index (Phi) is 4.46. The first kappa shape index (κ1) is 15.3. The monoisotopic (exact) mass is 240 g/mol. The maximum absolute atomic E-state index is 12.3. The second-order valence-electron chi connectivity index (χ2n) is 6.18. The molecule has 0 bridgehead atoms. The van der Waals surface area contributed by atoms with E-state index in [1.165, 1.54) is 0 Å². The van der Waals surface area contributed by atoms with Gasteiger partial charge in [-0.25, -0.2) is 0 Å². The van der Waals surface area contributed by atoms with E-state index >= 15 is 0 Å². The van der Waals surface area contributed by atoms with E-state index in [1.807, 2.05) is 18.2 Å². The van der Waals surface area contributed by atoms with E-state index in [1.54, 1.807) is 0 Å². The predicted molar refractivity (Wildman–Crippen MR) is 63.3 cm³/mol. The Morgan fingerprint density at radius 1 is 0.812 bits per heavy atom. The first-order valence-corrected chi connectivity index (χ1v) is 5.45. The van der Waals surface area contributed by atoms with Crippen LogP contribution in [-0.2, 0) is 10.8 Å². The number of para-hydroxylation sites is 1. The average Bonchev–Trinajstić information content (AvgIpc) is 1.99. The Hall–Kier alpha value is -0.690. The van der Waals surface area contributed by atoms with Gasteiger partial charge < -0.3 is 17.5 Å². The van der Waals surface area contributed by atoms with Gasteiger partial charge in [0.05, 0.1) is 0 Å². The van der Waals surface area contributed by atoms with Crippen LogP contribution in [0.3, 0.4) is 0 Å². The van der Waals surface area contributed by atoms with Gasteiger partial charge in [0.15, 0.2) is 0 Å². The summed E-state index contributed by atoms with van der Waals surface area (Å²) in [6.07, 6.45) is 0. The van der Waals surface area contributed by atoms with E-state index < -0.39 is 0 Å². The molecule has 0 heterocycles. The van der Waals surface area contributed by atoms with Gasteiger partial charge in [-0.05, 0) is 10.8 Å². The van der Waals surface area contributed by atoms with Crippen molar-refractivity contribution in [2.75, 3.05) is 0 Å². The molecule has 0 unspecified atom stereocenters. The zero-order valence-electron chi connectivity index (χ0n) is 11.0. The van der Waals surface area contributed by atoms with E-state index in [9.17, 15) is 5.11 Å². The molecule has 0 aliphatic rings. The number of benzene rings is 1. The van der Waals surface area contributed by atoms with Crippen molar-refractivity contribution in [3.8, 4) is 5.75 Å². The molecule has 0 atom stereocenters. The number of hydrogen-bond donors (Lipinski definition) is 0. The third-order valence-corrected chi connectivity index (χ3v) is 2.63. The molecule has 1 aromatic carbocycles. The van der Waals surface area contributed by atoms with Crippen LogP contribution >= 0.6 is 0 Å². The van der Waals surface area contributed by atoms with E-state index in [-0.39, 0.29) is 29.0 Å². The van der Waals surface area contributed by atoms with Crippen LogP contribution < -0.4 is 17.5 Å². The number of rotatable bonds is 0. The molecule has 1 nitrogen and oxygen atoms in total. The van der Waals surface area contributed by atoms with Crippen molar-refractivity contribution >= 4 is 0 Å².